The molecule has 0 aliphatic carbocycles. The van der Waals surface area contributed by atoms with Crippen LogP contribution in [0.4, 0.5) is 0 Å². The van der Waals surface area contributed by atoms with Crippen molar-refractivity contribution < 1.29 is 13.9 Å². The van der Waals surface area contributed by atoms with Gasteiger partial charge in [0.1, 0.15) is 16.8 Å². The summed E-state index contributed by atoms with van der Waals surface area (Å²) in [5, 5.41) is 11.9. The molecule has 0 N–H and O–H groups in total. The van der Waals surface area contributed by atoms with Crippen LogP contribution in [0.5, 0.6) is 11.5 Å². The van der Waals surface area contributed by atoms with Crippen molar-refractivity contribution in [3.63, 3.8) is 0 Å². The van der Waals surface area contributed by atoms with E-state index in [1.54, 1.807) is 38.7 Å². The number of nitrogens with zero attached hydrogens (tertiary/aromatic N) is 2. The predicted molar refractivity (Wildman–Crippen MR) is 92.8 cm³/mol. The topological polar surface area (TPSA) is 68.3 Å². The number of benzene rings is 1. The molecule has 3 aromatic rings. The van der Waals surface area contributed by atoms with E-state index in [0.29, 0.717) is 27.8 Å². The lowest BCUT2D eigenvalue weighted by Gasteiger charge is -2.08. The van der Waals surface area contributed by atoms with Gasteiger partial charge in [-0.05, 0) is 30.3 Å². The fraction of sp³-hybridized carbons (Fsp3) is 0.111. The average Bonchev–Trinajstić information content (AvgIpc) is 3.30. The second kappa shape index (κ2) is 7.02. The Hall–Kier alpha value is -3.04. The van der Waals surface area contributed by atoms with E-state index in [4.69, 9.17) is 13.9 Å². The van der Waals surface area contributed by atoms with Gasteiger partial charge in [-0.15, -0.1) is 11.3 Å². The third kappa shape index (κ3) is 3.16. The molecule has 1 aromatic carbocycles. The Morgan fingerprint density at radius 1 is 1.25 bits per heavy atom. The van der Waals surface area contributed by atoms with Gasteiger partial charge in [0.2, 0.25) is 0 Å². The molecule has 120 valence electrons. The standard InChI is InChI=1S/C18H14N2O3S/c1-21-16-6-5-12(9-17(16)22-2)15-11-24-18(20-15)13(10-19)8-14-4-3-7-23-14/h3-9,11H,1-2H3/b13-8+. The number of rotatable bonds is 5. The Bertz CT molecular complexity index is 905. The van der Waals surface area contributed by atoms with Gasteiger partial charge in [-0.1, -0.05) is 0 Å². The number of furan rings is 1. The van der Waals surface area contributed by atoms with E-state index in [-0.39, 0.29) is 0 Å². The van der Waals surface area contributed by atoms with Crippen LogP contribution in [0.15, 0.2) is 46.4 Å². The molecule has 0 fully saturated rings. The van der Waals surface area contributed by atoms with E-state index >= 15 is 0 Å². The monoisotopic (exact) mass is 338 g/mol. The smallest absolute Gasteiger partial charge is 0.161 e. The molecule has 2 aromatic heterocycles. The number of nitriles is 1. The molecule has 3 rings (SSSR count). The zero-order chi connectivity index (χ0) is 16.9. The van der Waals surface area contributed by atoms with Gasteiger partial charge < -0.3 is 13.9 Å². The molecule has 0 bridgehead atoms. The van der Waals surface area contributed by atoms with E-state index in [9.17, 15) is 5.26 Å². The van der Waals surface area contributed by atoms with Gasteiger partial charge >= 0.3 is 0 Å². The van der Waals surface area contributed by atoms with Crippen molar-refractivity contribution in [2.75, 3.05) is 14.2 Å². The first-order valence-electron chi connectivity index (χ1n) is 7.08. The number of aromatic nitrogens is 1. The molecule has 0 spiro atoms. The maximum Gasteiger partial charge on any atom is 0.161 e. The maximum absolute atomic E-state index is 9.38. The zero-order valence-corrected chi connectivity index (χ0v) is 14.0. The van der Waals surface area contributed by atoms with Gasteiger partial charge in [0.25, 0.3) is 0 Å². The van der Waals surface area contributed by atoms with Crippen molar-refractivity contribution in [1.29, 1.82) is 5.26 Å². The quantitative estimate of drug-likeness (QED) is 0.641. The number of allylic oxidation sites excluding steroid dienone is 1. The van der Waals surface area contributed by atoms with Crippen molar-refractivity contribution in [3.8, 4) is 28.8 Å². The molecule has 5 nitrogen and oxygen atoms in total. The van der Waals surface area contributed by atoms with E-state index in [1.807, 2.05) is 23.6 Å². The molecular weight excluding hydrogens is 324 g/mol. The zero-order valence-electron chi connectivity index (χ0n) is 13.1. The van der Waals surface area contributed by atoms with Crippen molar-refractivity contribution in [3.05, 3.63) is 52.7 Å². The SMILES string of the molecule is COc1ccc(-c2csc(/C(C#N)=C/c3ccco3)n2)cc1OC. The van der Waals surface area contributed by atoms with Crippen LogP contribution in [-0.2, 0) is 0 Å². The van der Waals surface area contributed by atoms with Gasteiger partial charge in [-0.3, -0.25) is 0 Å². The highest BCUT2D eigenvalue weighted by Gasteiger charge is 2.12. The molecule has 2 heterocycles. The molecule has 0 aliphatic rings. The minimum Gasteiger partial charge on any atom is -0.493 e. The number of ether oxygens (including phenoxy) is 2. The normalized spacial score (nSPS) is 11.1. The first-order chi connectivity index (χ1) is 11.7. The Morgan fingerprint density at radius 3 is 2.75 bits per heavy atom. The van der Waals surface area contributed by atoms with Crippen LogP contribution in [0.2, 0.25) is 0 Å². The Balaban J connectivity index is 1.95. The molecule has 0 aliphatic heterocycles. The molecule has 0 atom stereocenters. The van der Waals surface area contributed by atoms with Crippen molar-refractivity contribution in [1.82, 2.24) is 4.98 Å². The molecule has 6 heteroatoms. The third-order valence-corrected chi connectivity index (χ3v) is 4.24. The predicted octanol–water partition coefficient (Wildman–Crippen LogP) is 4.48. The Labute approximate surface area is 143 Å². The van der Waals surface area contributed by atoms with Crippen LogP contribution < -0.4 is 9.47 Å². The minimum absolute atomic E-state index is 0.460. The lowest BCUT2D eigenvalue weighted by Crippen LogP contribution is -1.91. The van der Waals surface area contributed by atoms with Gasteiger partial charge in [-0.25, -0.2) is 4.98 Å². The van der Waals surface area contributed by atoms with Gasteiger partial charge in [0, 0.05) is 17.0 Å². The lowest BCUT2D eigenvalue weighted by atomic mass is 10.1. The summed E-state index contributed by atoms with van der Waals surface area (Å²) in [6.45, 7) is 0. The lowest BCUT2D eigenvalue weighted by molar-refractivity contribution is 0.355. The summed E-state index contributed by atoms with van der Waals surface area (Å²) in [6.07, 6.45) is 3.24. The van der Waals surface area contributed by atoms with Crippen LogP contribution in [0.1, 0.15) is 10.8 Å². The fourth-order valence-electron chi connectivity index (χ4n) is 2.18. The van der Waals surface area contributed by atoms with E-state index in [0.717, 1.165) is 11.3 Å². The second-order valence-electron chi connectivity index (χ2n) is 4.79. The summed E-state index contributed by atoms with van der Waals surface area (Å²) in [4.78, 5) is 4.55. The number of hydrogen-bond donors (Lipinski definition) is 0. The van der Waals surface area contributed by atoms with Crippen LogP contribution in [0.25, 0.3) is 22.9 Å². The van der Waals surface area contributed by atoms with Gasteiger partial charge in [-0.2, -0.15) is 5.26 Å². The molecule has 0 amide bonds. The van der Waals surface area contributed by atoms with E-state index in [2.05, 4.69) is 11.1 Å². The molecule has 0 saturated carbocycles. The Kier molecular flexibility index (Phi) is 4.64. The first kappa shape index (κ1) is 15.8. The summed E-state index contributed by atoms with van der Waals surface area (Å²) in [5.74, 6) is 1.91. The van der Waals surface area contributed by atoms with Crippen molar-refractivity contribution in [2.45, 2.75) is 0 Å². The third-order valence-electron chi connectivity index (χ3n) is 3.36. The summed E-state index contributed by atoms with van der Waals surface area (Å²) < 4.78 is 15.8. The van der Waals surface area contributed by atoms with Crippen LogP contribution in [0, 0.1) is 11.3 Å². The molecule has 0 radical (unpaired) electrons. The maximum atomic E-state index is 9.38. The highest BCUT2D eigenvalue weighted by molar-refractivity contribution is 7.11. The van der Waals surface area contributed by atoms with Crippen molar-refractivity contribution in [2.24, 2.45) is 0 Å². The fourth-order valence-corrected chi connectivity index (χ4v) is 2.98. The summed E-state index contributed by atoms with van der Waals surface area (Å²) in [7, 11) is 3.19. The van der Waals surface area contributed by atoms with E-state index < -0.39 is 0 Å². The molecule has 0 unspecified atom stereocenters. The molecule has 24 heavy (non-hydrogen) atoms. The summed E-state index contributed by atoms with van der Waals surface area (Å²) >= 11 is 1.41. The molecule has 0 saturated heterocycles. The highest BCUT2D eigenvalue weighted by Crippen LogP contribution is 2.33. The highest BCUT2D eigenvalue weighted by atomic mass is 32.1. The van der Waals surface area contributed by atoms with Crippen LogP contribution >= 0.6 is 11.3 Å². The second-order valence-corrected chi connectivity index (χ2v) is 5.65. The summed E-state index contributed by atoms with van der Waals surface area (Å²) in [6, 6.07) is 11.3. The minimum atomic E-state index is 0.460. The Morgan fingerprint density at radius 2 is 2.08 bits per heavy atom. The first-order valence-corrected chi connectivity index (χ1v) is 7.96. The molecular formula is C18H14N2O3S. The number of methoxy groups -OCH3 is 2. The van der Waals surface area contributed by atoms with Crippen LogP contribution in [0.3, 0.4) is 0 Å². The van der Waals surface area contributed by atoms with Crippen LogP contribution in [-0.4, -0.2) is 19.2 Å². The summed E-state index contributed by atoms with van der Waals surface area (Å²) in [5.41, 5.74) is 2.13. The average molecular weight is 338 g/mol. The number of thiazole rings is 1. The van der Waals surface area contributed by atoms with Gasteiger partial charge in [0.05, 0.1) is 31.7 Å². The number of hydrogen-bond acceptors (Lipinski definition) is 6. The van der Waals surface area contributed by atoms with E-state index in [1.165, 1.54) is 11.3 Å². The van der Waals surface area contributed by atoms with Gasteiger partial charge in [0.15, 0.2) is 11.5 Å². The van der Waals surface area contributed by atoms with Crippen molar-refractivity contribution >= 4 is 23.0 Å². The largest absolute Gasteiger partial charge is 0.493 e.